The van der Waals surface area contributed by atoms with Gasteiger partial charge in [-0.05, 0) is 27.7 Å². The Hall–Kier alpha value is -0.660. The molecule has 21 heavy (non-hydrogen) atoms. The molecule has 1 spiro atoms. The predicted molar refractivity (Wildman–Crippen MR) is 78.8 cm³/mol. The van der Waals surface area contributed by atoms with Gasteiger partial charge in [-0.15, -0.1) is 0 Å². The first-order chi connectivity index (χ1) is 9.39. The Morgan fingerprint density at radius 3 is 2.33 bits per heavy atom. The van der Waals surface area contributed by atoms with Crippen LogP contribution in [-0.4, -0.2) is 67.7 Å². The fourth-order valence-corrected chi connectivity index (χ4v) is 3.44. The summed E-state index contributed by atoms with van der Waals surface area (Å²) >= 11 is 0. The van der Waals surface area contributed by atoms with Crippen molar-refractivity contribution in [1.29, 1.82) is 0 Å². The van der Waals surface area contributed by atoms with Crippen LogP contribution in [-0.2, 0) is 24.1 Å². The number of sulfone groups is 1. The van der Waals surface area contributed by atoms with E-state index in [4.69, 9.17) is 9.47 Å². The molecule has 1 unspecified atom stereocenters. The van der Waals surface area contributed by atoms with Gasteiger partial charge in [0.2, 0.25) is 5.91 Å². The van der Waals surface area contributed by atoms with Crippen molar-refractivity contribution >= 4 is 15.7 Å². The summed E-state index contributed by atoms with van der Waals surface area (Å²) < 4.78 is 33.9. The molecular weight excluding hydrogens is 294 g/mol. The first-order valence-electron chi connectivity index (χ1n) is 7.16. The first kappa shape index (κ1) is 16.7. The highest BCUT2D eigenvalue weighted by molar-refractivity contribution is 7.92. The zero-order valence-electron chi connectivity index (χ0n) is 13.4. The zero-order valence-corrected chi connectivity index (χ0v) is 14.2. The zero-order chi connectivity index (χ0) is 16.1. The van der Waals surface area contributed by atoms with Crippen molar-refractivity contribution in [1.82, 2.24) is 4.90 Å². The molecule has 1 amide bonds. The minimum absolute atomic E-state index is 0.368. The minimum atomic E-state index is -3.49. The summed E-state index contributed by atoms with van der Waals surface area (Å²) in [5.74, 6) is -0.368. The number of hydrogen-bond donors (Lipinski definition) is 0. The Bertz CT molecular complexity index is 532. The molecule has 2 aliphatic rings. The summed E-state index contributed by atoms with van der Waals surface area (Å²) in [6.07, 6.45) is 1.82. The van der Waals surface area contributed by atoms with Gasteiger partial charge in [0.1, 0.15) is 10.3 Å². The van der Waals surface area contributed by atoms with Gasteiger partial charge in [-0.25, -0.2) is 8.42 Å². The van der Waals surface area contributed by atoms with E-state index in [-0.39, 0.29) is 5.91 Å². The van der Waals surface area contributed by atoms with Crippen LogP contribution in [0.25, 0.3) is 0 Å². The van der Waals surface area contributed by atoms with Gasteiger partial charge in [0.15, 0.2) is 9.84 Å². The van der Waals surface area contributed by atoms with Crippen LogP contribution in [0, 0.1) is 0 Å². The van der Waals surface area contributed by atoms with Gasteiger partial charge in [0.05, 0.1) is 18.8 Å². The lowest BCUT2D eigenvalue weighted by molar-refractivity contribution is -0.200. The molecule has 6 nitrogen and oxygen atoms in total. The smallest absolute Gasteiger partial charge is 0.243 e. The van der Waals surface area contributed by atoms with Gasteiger partial charge in [-0.3, -0.25) is 4.79 Å². The largest absolute Gasteiger partial charge is 0.378 e. The molecule has 122 valence electrons. The van der Waals surface area contributed by atoms with Crippen LogP contribution in [0.5, 0.6) is 0 Å². The maximum atomic E-state index is 12.7. The Morgan fingerprint density at radius 1 is 1.24 bits per heavy atom. The second-order valence-electron chi connectivity index (χ2n) is 7.29. The van der Waals surface area contributed by atoms with E-state index in [0.29, 0.717) is 26.3 Å². The van der Waals surface area contributed by atoms with E-state index in [1.807, 2.05) is 13.8 Å². The number of ether oxygens (including phenoxy) is 2. The fourth-order valence-electron chi connectivity index (χ4n) is 2.99. The summed E-state index contributed by atoms with van der Waals surface area (Å²) in [6.45, 7) is 8.57. The Balaban J connectivity index is 2.29. The summed E-state index contributed by atoms with van der Waals surface area (Å²) in [5.41, 5.74) is -1.03. The maximum Gasteiger partial charge on any atom is 0.243 e. The molecule has 7 heteroatoms. The van der Waals surface area contributed by atoms with Crippen molar-refractivity contribution < 1.29 is 22.7 Å². The number of carbonyl (C=O) groups is 1. The van der Waals surface area contributed by atoms with Gasteiger partial charge < -0.3 is 14.4 Å². The lowest BCUT2D eigenvalue weighted by Crippen LogP contribution is -2.64. The lowest BCUT2D eigenvalue weighted by atomic mass is 9.94. The topological polar surface area (TPSA) is 72.9 Å². The van der Waals surface area contributed by atoms with Crippen molar-refractivity contribution in [3.8, 4) is 0 Å². The van der Waals surface area contributed by atoms with Crippen molar-refractivity contribution in [2.24, 2.45) is 0 Å². The summed E-state index contributed by atoms with van der Waals surface area (Å²) in [7, 11) is -3.49. The van der Waals surface area contributed by atoms with E-state index >= 15 is 0 Å². The standard InChI is InChI=1S/C14H25NO5S/c1-12(2)8-15(9-14(20-12)6-7-19-10-14)11(16)13(3,4)21(5,17)18/h6-10H2,1-5H3. The van der Waals surface area contributed by atoms with E-state index in [1.54, 1.807) is 4.90 Å². The van der Waals surface area contributed by atoms with Crippen LogP contribution >= 0.6 is 0 Å². The van der Waals surface area contributed by atoms with Crippen LogP contribution in [0.15, 0.2) is 0 Å². The molecule has 2 saturated heterocycles. The summed E-state index contributed by atoms with van der Waals surface area (Å²) in [4.78, 5) is 14.4. The third-order valence-corrected chi connectivity index (χ3v) is 6.37. The molecule has 0 N–H and O–H groups in total. The highest BCUT2D eigenvalue weighted by atomic mass is 32.2. The fraction of sp³-hybridized carbons (Fsp3) is 0.929. The first-order valence-corrected chi connectivity index (χ1v) is 9.05. The van der Waals surface area contributed by atoms with Crippen LogP contribution in [0.2, 0.25) is 0 Å². The molecule has 0 saturated carbocycles. The van der Waals surface area contributed by atoms with Crippen LogP contribution in [0.4, 0.5) is 0 Å². The normalized spacial score (nSPS) is 29.9. The van der Waals surface area contributed by atoms with E-state index in [0.717, 1.165) is 12.7 Å². The summed E-state index contributed by atoms with van der Waals surface area (Å²) in [6, 6.07) is 0. The molecule has 0 bridgehead atoms. The van der Waals surface area contributed by atoms with Crippen LogP contribution < -0.4 is 0 Å². The molecular formula is C14H25NO5S. The molecule has 0 aromatic rings. The van der Waals surface area contributed by atoms with Crippen LogP contribution in [0.3, 0.4) is 0 Å². The molecule has 0 aromatic carbocycles. The molecule has 2 fully saturated rings. The van der Waals surface area contributed by atoms with Crippen molar-refractivity contribution in [3.05, 3.63) is 0 Å². The van der Waals surface area contributed by atoms with Gasteiger partial charge in [-0.1, -0.05) is 0 Å². The molecule has 0 aliphatic carbocycles. The van der Waals surface area contributed by atoms with Crippen molar-refractivity contribution in [3.63, 3.8) is 0 Å². The minimum Gasteiger partial charge on any atom is -0.378 e. The van der Waals surface area contributed by atoms with Gasteiger partial charge in [0.25, 0.3) is 0 Å². The number of morpholine rings is 1. The Kier molecular flexibility index (Phi) is 3.92. The molecule has 2 rings (SSSR count). The monoisotopic (exact) mass is 319 g/mol. The second-order valence-corrected chi connectivity index (χ2v) is 9.86. The van der Waals surface area contributed by atoms with Crippen molar-refractivity contribution in [2.75, 3.05) is 32.6 Å². The van der Waals surface area contributed by atoms with Gasteiger partial charge >= 0.3 is 0 Å². The Morgan fingerprint density at radius 2 is 1.86 bits per heavy atom. The molecule has 0 aromatic heterocycles. The number of hydrogen-bond acceptors (Lipinski definition) is 5. The van der Waals surface area contributed by atoms with Crippen molar-refractivity contribution in [2.45, 2.75) is 50.1 Å². The second kappa shape index (κ2) is 4.93. The van der Waals surface area contributed by atoms with Crippen LogP contribution in [0.1, 0.15) is 34.1 Å². The summed E-state index contributed by atoms with van der Waals surface area (Å²) in [5, 5.41) is 0. The molecule has 0 radical (unpaired) electrons. The number of carbonyl (C=O) groups excluding carboxylic acids is 1. The molecule has 1 atom stereocenters. The SMILES string of the molecule is CC1(C)CN(C(=O)C(C)(C)S(C)(=O)=O)CC2(CCOC2)O1. The quantitative estimate of drug-likeness (QED) is 0.745. The average molecular weight is 319 g/mol. The lowest BCUT2D eigenvalue weighted by Gasteiger charge is -2.49. The third kappa shape index (κ3) is 3.10. The predicted octanol–water partition coefficient (Wildman–Crippen LogP) is 0.606. The highest BCUT2D eigenvalue weighted by Gasteiger charge is 2.51. The van der Waals surface area contributed by atoms with E-state index in [2.05, 4.69) is 0 Å². The van der Waals surface area contributed by atoms with Gasteiger partial charge in [-0.2, -0.15) is 0 Å². The highest BCUT2D eigenvalue weighted by Crippen LogP contribution is 2.36. The number of rotatable bonds is 2. The maximum absolute atomic E-state index is 12.7. The van der Waals surface area contributed by atoms with E-state index in [1.165, 1.54) is 13.8 Å². The molecule has 2 heterocycles. The van der Waals surface area contributed by atoms with E-state index in [9.17, 15) is 13.2 Å². The molecule has 2 aliphatic heterocycles. The number of nitrogens with zero attached hydrogens (tertiary/aromatic N) is 1. The van der Waals surface area contributed by atoms with E-state index < -0.39 is 25.8 Å². The number of amides is 1. The third-order valence-electron chi connectivity index (χ3n) is 4.34. The average Bonchev–Trinajstić information content (AvgIpc) is 2.71. The Labute approximate surface area is 126 Å². The van der Waals surface area contributed by atoms with Gasteiger partial charge in [0, 0.05) is 25.8 Å².